The second-order valence-electron chi connectivity index (χ2n) is 8.13. The summed E-state index contributed by atoms with van der Waals surface area (Å²) in [6, 6.07) is 14.1. The number of nitrogens with zero attached hydrogens (tertiary/aromatic N) is 3. The lowest BCUT2D eigenvalue weighted by Gasteiger charge is -2.30. The molecule has 1 saturated heterocycles. The quantitative estimate of drug-likeness (QED) is 0.493. The standard InChI is InChI=1S/C25H30N4O4/c1-4-31-23-13-21-20(12-22(23)32-11-10-29-14-17(2)33-24(30)15-29)25(27-16-26-21)28-18(3)19-8-6-5-7-9-19/h5-9,12-13,16-18H,4,10-11,14-15H2,1-3H3,(H,26,27,28). The molecule has 2 unspecified atom stereocenters. The van der Waals surface area contributed by atoms with Gasteiger partial charge in [-0.25, -0.2) is 9.97 Å². The molecule has 1 aromatic heterocycles. The van der Waals surface area contributed by atoms with E-state index in [-0.39, 0.29) is 24.7 Å². The van der Waals surface area contributed by atoms with Crippen molar-refractivity contribution in [2.24, 2.45) is 0 Å². The number of benzene rings is 2. The van der Waals surface area contributed by atoms with E-state index in [4.69, 9.17) is 14.2 Å². The molecule has 0 aliphatic carbocycles. The van der Waals surface area contributed by atoms with Gasteiger partial charge in [0, 0.05) is 30.6 Å². The van der Waals surface area contributed by atoms with Crippen molar-refractivity contribution in [2.45, 2.75) is 32.9 Å². The Morgan fingerprint density at radius 2 is 1.97 bits per heavy atom. The molecule has 174 valence electrons. The molecular formula is C25H30N4O4. The highest BCUT2D eigenvalue weighted by Gasteiger charge is 2.23. The maximum atomic E-state index is 11.7. The summed E-state index contributed by atoms with van der Waals surface area (Å²) in [5, 5.41) is 4.35. The lowest BCUT2D eigenvalue weighted by Crippen LogP contribution is -2.45. The second kappa shape index (κ2) is 10.5. The van der Waals surface area contributed by atoms with E-state index in [0.717, 1.165) is 16.7 Å². The van der Waals surface area contributed by atoms with Gasteiger partial charge in [0.05, 0.1) is 18.7 Å². The van der Waals surface area contributed by atoms with Crippen LogP contribution in [-0.4, -0.2) is 59.8 Å². The molecule has 0 saturated carbocycles. The summed E-state index contributed by atoms with van der Waals surface area (Å²) in [4.78, 5) is 22.6. The van der Waals surface area contributed by atoms with Gasteiger partial charge in [-0.2, -0.15) is 0 Å². The fourth-order valence-corrected chi connectivity index (χ4v) is 3.95. The Hall–Kier alpha value is -3.39. The van der Waals surface area contributed by atoms with Crippen LogP contribution in [-0.2, 0) is 9.53 Å². The number of ether oxygens (including phenoxy) is 3. The van der Waals surface area contributed by atoms with Gasteiger partial charge in [-0.1, -0.05) is 30.3 Å². The fourth-order valence-electron chi connectivity index (χ4n) is 3.95. The first kappa shape index (κ1) is 22.8. The molecule has 2 aromatic carbocycles. The van der Waals surface area contributed by atoms with Gasteiger partial charge in [0.25, 0.3) is 0 Å². The van der Waals surface area contributed by atoms with Crippen LogP contribution >= 0.6 is 0 Å². The molecular weight excluding hydrogens is 420 g/mol. The van der Waals surface area contributed by atoms with E-state index >= 15 is 0 Å². The average molecular weight is 451 g/mol. The molecule has 0 amide bonds. The number of hydrogen-bond donors (Lipinski definition) is 1. The van der Waals surface area contributed by atoms with Crippen LogP contribution in [0.5, 0.6) is 11.5 Å². The molecule has 8 heteroatoms. The fraction of sp³-hybridized carbons (Fsp3) is 0.400. The van der Waals surface area contributed by atoms with Crippen LogP contribution in [0.25, 0.3) is 10.9 Å². The largest absolute Gasteiger partial charge is 0.490 e. The number of morpholine rings is 1. The monoisotopic (exact) mass is 450 g/mol. The summed E-state index contributed by atoms with van der Waals surface area (Å²) in [6.45, 7) is 8.45. The van der Waals surface area contributed by atoms with Crippen LogP contribution < -0.4 is 14.8 Å². The van der Waals surface area contributed by atoms with E-state index in [2.05, 4.69) is 34.3 Å². The van der Waals surface area contributed by atoms with Crippen molar-refractivity contribution in [3.63, 3.8) is 0 Å². The first-order chi connectivity index (χ1) is 16.0. The van der Waals surface area contributed by atoms with Crippen molar-refractivity contribution in [2.75, 3.05) is 38.2 Å². The molecule has 2 atom stereocenters. The van der Waals surface area contributed by atoms with Crippen LogP contribution in [0.3, 0.4) is 0 Å². The maximum absolute atomic E-state index is 11.7. The Morgan fingerprint density at radius 3 is 2.73 bits per heavy atom. The van der Waals surface area contributed by atoms with Crippen molar-refractivity contribution in [3.8, 4) is 11.5 Å². The summed E-state index contributed by atoms with van der Waals surface area (Å²) in [5.41, 5.74) is 1.94. The molecule has 8 nitrogen and oxygen atoms in total. The Labute approximate surface area is 193 Å². The third kappa shape index (κ3) is 5.70. The first-order valence-electron chi connectivity index (χ1n) is 11.3. The van der Waals surface area contributed by atoms with E-state index in [9.17, 15) is 4.79 Å². The highest BCUT2D eigenvalue weighted by Crippen LogP contribution is 2.35. The molecule has 1 fully saturated rings. The molecule has 0 bridgehead atoms. The van der Waals surface area contributed by atoms with E-state index in [0.29, 0.717) is 37.8 Å². The van der Waals surface area contributed by atoms with Crippen LogP contribution in [0.1, 0.15) is 32.4 Å². The maximum Gasteiger partial charge on any atom is 0.320 e. The normalized spacial score (nSPS) is 17.4. The second-order valence-corrected chi connectivity index (χ2v) is 8.13. The number of nitrogens with one attached hydrogen (secondary N) is 1. The summed E-state index contributed by atoms with van der Waals surface area (Å²) >= 11 is 0. The van der Waals surface area contributed by atoms with Gasteiger partial charge in [0.2, 0.25) is 0 Å². The minimum Gasteiger partial charge on any atom is -0.490 e. The highest BCUT2D eigenvalue weighted by atomic mass is 16.5. The molecule has 1 aliphatic heterocycles. The van der Waals surface area contributed by atoms with Crippen molar-refractivity contribution in [1.29, 1.82) is 0 Å². The van der Waals surface area contributed by atoms with Crippen LogP contribution in [0, 0.1) is 0 Å². The van der Waals surface area contributed by atoms with Gasteiger partial charge in [0.1, 0.15) is 24.9 Å². The van der Waals surface area contributed by atoms with Crippen molar-refractivity contribution in [3.05, 3.63) is 54.4 Å². The van der Waals surface area contributed by atoms with Gasteiger partial charge in [0.15, 0.2) is 11.5 Å². The third-order valence-electron chi connectivity index (χ3n) is 5.52. The van der Waals surface area contributed by atoms with Crippen molar-refractivity contribution in [1.82, 2.24) is 14.9 Å². The Balaban J connectivity index is 1.54. The van der Waals surface area contributed by atoms with E-state index in [1.165, 1.54) is 5.56 Å². The SMILES string of the molecule is CCOc1cc2ncnc(NC(C)c3ccccc3)c2cc1OCCN1CC(=O)OC(C)C1. The first-order valence-corrected chi connectivity index (χ1v) is 11.3. The number of anilines is 1. The molecule has 4 rings (SSSR count). The van der Waals surface area contributed by atoms with Crippen molar-refractivity contribution < 1.29 is 19.0 Å². The zero-order valence-electron chi connectivity index (χ0n) is 19.3. The van der Waals surface area contributed by atoms with Crippen molar-refractivity contribution >= 4 is 22.7 Å². The minimum atomic E-state index is -0.199. The van der Waals surface area contributed by atoms with Gasteiger partial charge < -0.3 is 19.5 Å². The number of fused-ring (bicyclic) bond motifs is 1. The summed E-state index contributed by atoms with van der Waals surface area (Å²) in [7, 11) is 0. The number of hydrogen-bond acceptors (Lipinski definition) is 8. The lowest BCUT2D eigenvalue weighted by molar-refractivity contribution is -0.157. The predicted molar refractivity (Wildman–Crippen MR) is 127 cm³/mol. The molecule has 0 spiro atoms. The Kier molecular flexibility index (Phi) is 7.24. The number of cyclic esters (lactones) is 1. The van der Waals surface area contributed by atoms with Crippen LogP contribution in [0.15, 0.2) is 48.8 Å². The van der Waals surface area contributed by atoms with Gasteiger partial charge >= 0.3 is 5.97 Å². The minimum absolute atomic E-state index is 0.0704. The Bertz CT molecular complexity index is 1090. The van der Waals surface area contributed by atoms with Crippen LogP contribution in [0.2, 0.25) is 0 Å². The summed E-state index contributed by atoms with van der Waals surface area (Å²) in [5.74, 6) is 1.80. The smallest absolute Gasteiger partial charge is 0.320 e. The number of aromatic nitrogens is 2. The zero-order valence-corrected chi connectivity index (χ0v) is 19.3. The molecule has 1 aliphatic rings. The Morgan fingerprint density at radius 1 is 1.18 bits per heavy atom. The molecule has 0 radical (unpaired) electrons. The van der Waals surface area contributed by atoms with Crippen LogP contribution in [0.4, 0.5) is 5.82 Å². The zero-order chi connectivity index (χ0) is 23.2. The van der Waals surface area contributed by atoms with E-state index < -0.39 is 0 Å². The van der Waals surface area contributed by atoms with E-state index in [1.54, 1.807) is 6.33 Å². The molecule has 33 heavy (non-hydrogen) atoms. The number of carbonyl (C=O) groups excluding carboxylic acids is 1. The van der Waals surface area contributed by atoms with Gasteiger partial charge in [-0.05, 0) is 32.4 Å². The summed E-state index contributed by atoms with van der Waals surface area (Å²) in [6.07, 6.45) is 1.44. The molecule has 1 N–H and O–H groups in total. The lowest BCUT2D eigenvalue weighted by atomic mass is 10.1. The van der Waals surface area contributed by atoms with Gasteiger partial charge in [-0.3, -0.25) is 9.69 Å². The number of carbonyl (C=O) groups is 1. The predicted octanol–water partition coefficient (Wildman–Crippen LogP) is 3.83. The van der Waals surface area contributed by atoms with E-state index in [1.807, 2.05) is 49.1 Å². The van der Waals surface area contributed by atoms with Gasteiger partial charge in [-0.15, -0.1) is 0 Å². The molecule has 2 heterocycles. The summed E-state index contributed by atoms with van der Waals surface area (Å²) < 4.78 is 17.1. The third-order valence-corrected chi connectivity index (χ3v) is 5.52. The highest BCUT2D eigenvalue weighted by molar-refractivity contribution is 5.91. The topological polar surface area (TPSA) is 85.8 Å². The average Bonchev–Trinajstić information content (AvgIpc) is 2.80. The molecule has 3 aromatic rings. The number of rotatable bonds is 9. The number of esters is 1.